The highest BCUT2D eigenvalue weighted by molar-refractivity contribution is 7.61. The first-order chi connectivity index (χ1) is 9.83. The van der Waals surface area contributed by atoms with Gasteiger partial charge in [-0.05, 0) is 12.8 Å². The smallest absolute Gasteiger partial charge is 0.302 e. The van der Waals surface area contributed by atoms with Crippen molar-refractivity contribution in [3.05, 3.63) is 0 Å². The molecule has 128 valence electrons. The number of unbranched alkanes of at least 4 members (excludes halogenated alkanes) is 6. The molecule has 0 radical (unpaired) electrons. The molecule has 21 heavy (non-hydrogen) atoms. The molecule has 0 heterocycles. The van der Waals surface area contributed by atoms with Crippen LogP contribution in [0.25, 0.3) is 0 Å². The van der Waals surface area contributed by atoms with E-state index in [1.54, 1.807) is 0 Å². The highest BCUT2D eigenvalue weighted by Gasteiger charge is 2.34. The van der Waals surface area contributed by atoms with Gasteiger partial charge in [-0.15, -0.1) is 0 Å². The van der Waals surface area contributed by atoms with Crippen LogP contribution in [0.3, 0.4) is 0 Å². The van der Waals surface area contributed by atoms with Crippen LogP contribution in [0.1, 0.15) is 65.2 Å². The molecule has 0 aromatic carbocycles. The van der Waals surface area contributed by atoms with E-state index in [0.717, 1.165) is 32.1 Å². The van der Waals surface area contributed by atoms with Gasteiger partial charge in [0.15, 0.2) is 0 Å². The fourth-order valence-electron chi connectivity index (χ4n) is 1.56. The van der Waals surface area contributed by atoms with Crippen molar-refractivity contribution in [1.82, 2.24) is 0 Å². The molecular weight excluding hydrogens is 318 g/mol. The summed E-state index contributed by atoms with van der Waals surface area (Å²) in [5, 5.41) is 0. The first-order valence-electron chi connectivity index (χ1n) is 7.49. The third-order valence-electron chi connectivity index (χ3n) is 2.71. The molecule has 7 nitrogen and oxygen atoms in total. The zero-order valence-corrected chi connectivity index (χ0v) is 14.7. The van der Waals surface area contributed by atoms with Gasteiger partial charge in [-0.1, -0.05) is 52.4 Å². The lowest BCUT2D eigenvalue weighted by Crippen LogP contribution is -1.99. The van der Waals surface area contributed by atoms with Gasteiger partial charge in [-0.3, -0.25) is 9.05 Å². The van der Waals surface area contributed by atoms with Crippen molar-refractivity contribution < 1.29 is 32.3 Å². The van der Waals surface area contributed by atoms with Crippen LogP contribution in [0.15, 0.2) is 0 Å². The van der Waals surface area contributed by atoms with Crippen molar-refractivity contribution in [2.45, 2.75) is 65.2 Å². The molecule has 0 aromatic rings. The molecule has 0 spiro atoms. The molecule has 0 aromatic heterocycles. The Morgan fingerprint density at radius 3 is 1.67 bits per heavy atom. The van der Waals surface area contributed by atoms with E-state index >= 15 is 0 Å². The van der Waals surface area contributed by atoms with E-state index in [9.17, 15) is 18.9 Å². The van der Waals surface area contributed by atoms with E-state index in [4.69, 9.17) is 0 Å². The molecule has 9 heteroatoms. The molecule has 0 bridgehead atoms. The van der Waals surface area contributed by atoms with Gasteiger partial charge < -0.3 is 9.79 Å². The van der Waals surface area contributed by atoms with Crippen LogP contribution in [0.2, 0.25) is 0 Å². The van der Waals surface area contributed by atoms with Gasteiger partial charge in [0, 0.05) is 0 Å². The molecule has 0 aliphatic rings. The Morgan fingerprint density at radius 2 is 1.14 bits per heavy atom. The van der Waals surface area contributed by atoms with Crippen molar-refractivity contribution in [2.75, 3.05) is 13.2 Å². The Morgan fingerprint density at radius 1 is 0.714 bits per heavy atom. The zero-order chi connectivity index (χ0) is 16.2. The van der Waals surface area contributed by atoms with Gasteiger partial charge in [0.1, 0.15) is 0 Å². The molecule has 2 N–H and O–H groups in total. The molecule has 2 unspecified atom stereocenters. The number of hydrogen-bond donors (Lipinski definition) is 2. The largest absolute Gasteiger partial charge is 0.481 e. The van der Waals surface area contributed by atoms with Crippen LogP contribution in [0.4, 0.5) is 0 Å². The van der Waals surface area contributed by atoms with Crippen molar-refractivity contribution in [2.24, 2.45) is 0 Å². The minimum absolute atomic E-state index is 0.00879. The zero-order valence-electron chi connectivity index (χ0n) is 12.9. The highest BCUT2D eigenvalue weighted by Crippen LogP contribution is 2.60. The highest BCUT2D eigenvalue weighted by atomic mass is 31.3. The van der Waals surface area contributed by atoms with Crippen LogP contribution in [-0.2, 0) is 22.5 Å². The van der Waals surface area contributed by atoms with Crippen LogP contribution in [0.5, 0.6) is 0 Å². The lowest BCUT2D eigenvalue weighted by Gasteiger charge is -2.15. The number of phosphoric acid groups is 2. The molecule has 0 aliphatic carbocycles. The molecule has 0 saturated carbocycles. The SMILES string of the molecule is CCCCCCCCOP(=O)(O)OP(=O)(O)OCCCC. The van der Waals surface area contributed by atoms with Gasteiger partial charge in [0.25, 0.3) is 0 Å². The summed E-state index contributed by atoms with van der Waals surface area (Å²) >= 11 is 0. The Balaban J connectivity index is 3.86. The summed E-state index contributed by atoms with van der Waals surface area (Å²) in [4.78, 5) is 18.6. The number of rotatable bonds is 14. The fourth-order valence-corrected chi connectivity index (χ4v) is 3.70. The minimum Gasteiger partial charge on any atom is -0.302 e. The maximum Gasteiger partial charge on any atom is 0.481 e. The molecule has 2 atom stereocenters. The van der Waals surface area contributed by atoms with Gasteiger partial charge in [-0.2, -0.15) is 4.31 Å². The summed E-state index contributed by atoms with van der Waals surface area (Å²) in [5.41, 5.74) is 0. The second kappa shape index (κ2) is 11.8. The van der Waals surface area contributed by atoms with E-state index in [1.807, 2.05) is 6.92 Å². The quantitative estimate of drug-likeness (QED) is 0.355. The van der Waals surface area contributed by atoms with Gasteiger partial charge >= 0.3 is 15.6 Å². The number of hydrogen-bond acceptors (Lipinski definition) is 5. The Hall–Kier alpha value is 0.260. The van der Waals surface area contributed by atoms with Gasteiger partial charge in [-0.25, -0.2) is 9.13 Å². The molecule has 0 saturated heterocycles. The Labute approximate surface area is 127 Å². The summed E-state index contributed by atoms with van der Waals surface area (Å²) < 4.78 is 36.3. The minimum atomic E-state index is -4.56. The Kier molecular flexibility index (Phi) is 11.9. The monoisotopic (exact) mass is 346 g/mol. The molecule has 0 fully saturated rings. The predicted octanol–water partition coefficient (Wildman–Crippen LogP) is 4.40. The maximum absolute atomic E-state index is 11.5. The van der Waals surface area contributed by atoms with Crippen LogP contribution >= 0.6 is 15.6 Å². The van der Waals surface area contributed by atoms with Crippen molar-refractivity contribution in [3.8, 4) is 0 Å². The molecule has 0 amide bonds. The van der Waals surface area contributed by atoms with E-state index in [1.165, 1.54) is 6.42 Å². The lowest BCUT2D eigenvalue weighted by atomic mass is 10.1. The van der Waals surface area contributed by atoms with Crippen LogP contribution < -0.4 is 0 Å². The van der Waals surface area contributed by atoms with E-state index in [2.05, 4.69) is 20.3 Å². The standard InChI is InChI=1S/C12H28O7P2/c1-3-5-7-8-9-10-12-18-21(15,16)19-20(13,14)17-11-6-4-2/h3-12H2,1-2H3,(H,13,14)(H,15,16). The summed E-state index contributed by atoms with van der Waals surface area (Å²) in [6.07, 6.45) is 7.29. The average Bonchev–Trinajstić information content (AvgIpc) is 2.36. The number of phosphoric ester groups is 2. The third-order valence-corrected chi connectivity index (χ3v) is 5.38. The summed E-state index contributed by atoms with van der Waals surface area (Å²) in [6, 6.07) is 0. The van der Waals surface area contributed by atoms with Gasteiger partial charge in [0.2, 0.25) is 0 Å². The lowest BCUT2D eigenvalue weighted by molar-refractivity contribution is 0.152. The van der Waals surface area contributed by atoms with Crippen molar-refractivity contribution in [1.29, 1.82) is 0 Å². The molecule has 0 aliphatic heterocycles. The third kappa shape index (κ3) is 13.6. The first kappa shape index (κ1) is 21.3. The van der Waals surface area contributed by atoms with Crippen molar-refractivity contribution >= 4 is 15.6 Å². The van der Waals surface area contributed by atoms with Crippen LogP contribution in [0, 0.1) is 0 Å². The first-order valence-corrected chi connectivity index (χ1v) is 10.5. The Bertz CT molecular complexity index is 348. The predicted molar refractivity (Wildman–Crippen MR) is 80.9 cm³/mol. The van der Waals surface area contributed by atoms with Gasteiger partial charge in [0.05, 0.1) is 13.2 Å². The molecular formula is C12H28O7P2. The van der Waals surface area contributed by atoms with E-state index in [-0.39, 0.29) is 13.2 Å². The average molecular weight is 346 g/mol. The topological polar surface area (TPSA) is 102 Å². The van der Waals surface area contributed by atoms with E-state index < -0.39 is 15.6 Å². The second-order valence-electron chi connectivity index (χ2n) is 4.81. The normalized spacial score (nSPS) is 17.3. The van der Waals surface area contributed by atoms with Crippen molar-refractivity contribution in [3.63, 3.8) is 0 Å². The summed E-state index contributed by atoms with van der Waals surface area (Å²) in [7, 11) is -9.11. The maximum atomic E-state index is 11.5. The van der Waals surface area contributed by atoms with E-state index in [0.29, 0.717) is 12.8 Å². The second-order valence-corrected chi connectivity index (χ2v) is 7.85. The fraction of sp³-hybridized carbons (Fsp3) is 1.00. The van der Waals surface area contributed by atoms with Crippen LogP contribution in [-0.4, -0.2) is 23.0 Å². The summed E-state index contributed by atoms with van der Waals surface area (Å²) in [5.74, 6) is 0. The summed E-state index contributed by atoms with van der Waals surface area (Å²) in [6.45, 7) is 4.00. The molecule has 0 rings (SSSR count).